The Labute approximate surface area is 78.0 Å². The summed E-state index contributed by atoms with van der Waals surface area (Å²) in [5.41, 5.74) is 0.924. The van der Waals surface area contributed by atoms with E-state index in [0.29, 0.717) is 11.7 Å². The lowest BCUT2D eigenvalue weighted by atomic mass is 10.1. The monoisotopic (exact) mass is 183 g/mol. The Morgan fingerprint density at radius 2 is 1.92 bits per heavy atom. The number of aromatic nitrogens is 3. The quantitative estimate of drug-likeness (QED) is 0.713. The summed E-state index contributed by atoms with van der Waals surface area (Å²) in [5.74, 6) is 1.07. The van der Waals surface area contributed by atoms with Crippen molar-refractivity contribution < 1.29 is 0 Å². The van der Waals surface area contributed by atoms with Crippen LogP contribution in [0.2, 0.25) is 0 Å². The highest BCUT2D eigenvalue weighted by Crippen LogP contribution is 2.14. The first-order valence-electron chi connectivity index (χ1n) is 3.99. The molecule has 0 spiro atoms. The van der Waals surface area contributed by atoms with E-state index in [2.05, 4.69) is 41.7 Å². The van der Waals surface area contributed by atoms with E-state index in [4.69, 9.17) is 0 Å². The van der Waals surface area contributed by atoms with Crippen LogP contribution >= 0.6 is 12.6 Å². The summed E-state index contributed by atoms with van der Waals surface area (Å²) < 4.78 is 0. The zero-order valence-electron chi connectivity index (χ0n) is 7.52. The van der Waals surface area contributed by atoms with E-state index in [0.717, 1.165) is 5.69 Å². The van der Waals surface area contributed by atoms with Gasteiger partial charge in [0.05, 0.1) is 17.1 Å². The average molecular weight is 183 g/mol. The standard InChI is InChI=1S/C8H13N3S/c1-5(2)7-4-9-8(6(3)12)11-10-7/h4-6,12H,1-3H3. The molecule has 0 aliphatic carbocycles. The Hall–Kier alpha value is -0.640. The molecule has 1 unspecified atom stereocenters. The van der Waals surface area contributed by atoms with Crippen molar-refractivity contribution in [3.05, 3.63) is 17.7 Å². The molecule has 0 N–H and O–H groups in total. The second-order valence-corrected chi connectivity index (χ2v) is 3.85. The van der Waals surface area contributed by atoms with E-state index in [1.54, 1.807) is 6.20 Å². The summed E-state index contributed by atoms with van der Waals surface area (Å²) in [6, 6.07) is 0. The van der Waals surface area contributed by atoms with Gasteiger partial charge in [-0.2, -0.15) is 17.7 Å². The largest absolute Gasteiger partial charge is 0.236 e. The predicted molar refractivity (Wildman–Crippen MR) is 51.3 cm³/mol. The van der Waals surface area contributed by atoms with E-state index >= 15 is 0 Å². The molecule has 4 heteroatoms. The van der Waals surface area contributed by atoms with Crippen molar-refractivity contribution in [3.8, 4) is 0 Å². The molecule has 0 aliphatic heterocycles. The van der Waals surface area contributed by atoms with E-state index in [1.165, 1.54) is 0 Å². The molecular formula is C8H13N3S. The molecule has 0 bridgehead atoms. The van der Waals surface area contributed by atoms with Crippen LogP contribution in [0.25, 0.3) is 0 Å². The van der Waals surface area contributed by atoms with Gasteiger partial charge in [0.1, 0.15) is 0 Å². The lowest BCUT2D eigenvalue weighted by molar-refractivity contribution is 0.735. The molecule has 1 aromatic heterocycles. The zero-order valence-corrected chi connectivity index (χ0v) is 8.42. The molecule has 1 aromatic rings. The summed E-state index contributed by atoms with van der Waals surface area (Å²) in [4.78, 5) is 4.15. The molecule has 3 nitrogen and oxygen atoms in total. The maximum atomic E-state index is 4.21. The van der Waals surface area contributed by atoms with Crippen molar-refractivity contribution in [1.82, 2.24) is 15.2 Å². The van der Waals surface area contributed by atoms with E-state index in [-0.39, 0.29) is 5.25 Å². The van der Waals surface area contributed by atoms with Crippen LogP contribution in [-0.4, -0.2) is 15.2 Å². The highest BCUT2D eigenvalue weighted by Gasteiger charge is 2.05. The molecule has 0 saturated heterocycles. The van der Waals surface area contributed by atoms with Crippen molar-refractivity contribution >= 4 is 12.6 Å². The zero-order chi connectivity index (χ0) is 9.14. The van der Waals surface area contributed by atoms with Crippen molar-refractivity contribution in [2.45, 2.75) is 31.9 Å². The van der Waals surface area contributed by atoms with Crippen molar-refractivity contribution in [1.29, 1.82) is 0 Å². The van der Waals surface area contributed by atoms with E-state index in [9.17, 15) is 0 Å². The van der Waals surface area contributed by atoms with Crippen molar-refractivity contribution in [2.24, 2.45) is 0 Å². The van der Waals surface area contributed by atoms with Crippen molar-refractivity contribution in [2.75, 3.05) is 0 Å². The third-order valence-corrected chi connectivity index (χ3v) is 1.79. The maximum absolute atomic E-state index is 4.21. The summed E-state index contributed by atoms with van der Waals surface area (Å²) in [6.45, 7) is 6.06. The lowest BCUT2D eigenvalue weighted by Gasteiger charge is -2.04. The minimum absolute atomic E-state index is 0.0544. The molecule has 0 amide bonds. The average Bonchev–Trinajstić information content (AvgIpc) is 2.04. The Kier molecular flexibility index (Phi) is 3.03. The van der Waals surface area contributed by atoms with Crippen LogP contribution in [0.15, 0.2) is 6.20 Å². The Morgan fingerprint density at radius 3 is 2.25 bits per heavy atom. The fraction of sp³-hybridized carbons (Fsp3) is 0.625. The van der Waals surface area contributed by atoms with Gasteiger partial charge in [0.25, 0.3) is 0 Å². The van der Waals surface area contributed by atoms with Gasteiger partial charge in [0, 0.05) is 0 Å². The number of hydrogen-bond acceptors (Lipinski definition) is 4. The lowest BCUT2D eigenvalue weighted by Crippen LogP contribution is -2.02. The first kappa shape index (κ1) is 9.45. The highest BCUT2D eigenvalue weighted by atomic mass is 32.1. The number of hydrogen-bond donors (Lipinski definition) is 1. The molecule has 66 valence electrons. The Bertz CT molecular complexity index is 216. The molecule has 0 aromatic carbocycles. The third kappa shape index (κ3) is 2.17. The predicted octanol–water partition coefficient (Wildman–Crippen LogP) is 1.99. The minimum Gasteiger partial charge on any atom is -0.236 e. The number of rotatable bonds is 2. The topological polar surface area (TPSA) is 38.7 Å². The van der Waals surface area contributed by atoms with Gasteiger partial charge in [-0.1, -0.05) is 13.8 Å². The Balaban J connectivity index is 2.86. The molecular weight excluding hydrogens is 170 g/mol. The van der Waals surface area contributed by atoms with Crippen LogP contribution in [0, 0.1) is 0 Å². The molecule has 0 saturated carbocycles. The molecule has 1 rings (SSSR count). The van der Waals surface area contributed by atoms with Crippen molar-refractivity contribution in [3.63, 3.8) is 0 Å². The minimum atomic E-state index is 0.0544. The SMILES string of the molecule is CC(C)c1cnc(C(C)S)nn1. The van der Waals surface area contributed by atoms with Crippen LogP contribution in [0.1, 0.15) is 43.5 Å². The van der Waals surface area contributed by atoms with Crippen LogP contribution in [-0.2, 0) is 0 Å². The third-order valence-electron chi connectivity index (χ3n) is 1.56. The molecule has 0 aliphatic rings. The van der Waals surface area contributed by atoms with E-state index in [1.807, 2.05) is 6.92 Å². The van der Waals surface area contributed by atoms with Gasteiger partial charge in [0.15, 0.2) is 5.82 Å². The van der Waals surface area contributed by atoms with Crippen LogP contribution in [0.5, 0.6) is 0 Å². The summed E-state index contributed by atoms with van der Waals surface area (Å²) in [7, 11) is 0. The summed E-state index contributed by atoms with van der Waals surface area (Å²) in [5, 5.41) is 8.05. The summed E-state index contributed by atoms with van der Waals surface area (Å²) in [6.07, 6.45) is 1.76. The van der Waals surface area contributed by atoms with Gasteiger partial charge in [0.2, 0.25) is 0 Å². The van der Waals surface area contributed by atoms with Gasteiger partial charge >= 0.3 is 0 Å². The van der Waals surface area contributed by atoms with Crippen LogP contribution in [0.4, 0.5) is 0 Å². The molecule has 0 fully saturated rings. The molecule has 0 radical (unpaired) electrons. The molecule has 12 heavy (non-hydrogen) atoms. The molecule has 1 heterocycles. The number of nitrogens with zero attached hydrogens (tertiary/aromatic N) is 3. The van der Waals surface area contributed by atoms with E-state index < -0.39 is 0 Å². The van der Waals surface area contributed by atoms with Gasteiger partial charge in [-0.05, 0) is 12.8 Å². The second-order valence-electron chi connectivity index (χ2n) is 3.07. The molecule has 1 atom stereocenters. The van der Waals surface area contributed by atoms with Gasteiger partial charge in [-0.15, -0.1) is 5.10 Å². The smallest absolute Gasteiger partial charge is 0.163 e. The normalized spacial score (nSPS) is 13.4. The first-order valence-corrected chi connectivity index (χ1v) is 4.50. The first-order chi connectivity index (χ1) is 5.61. The number of thiol groups is 1. The Morgan fingerprint density at radius 1 is 1.25 bits per heavy atom. The van der Waals surface area contributed by atoms with Crippen LogP contribution < -0.4 is 0 Å². The van der Waals surface area contributed by atoms with Gasteiger partial charge in [-0.3, -0.25) is 0 Å². The second kappa shape index (κ2) is 3.85. The summed E-state index contributed by atoms with van der Waals surface area (Å²) >= 11 is 4.21. The fourth-order valence-electron chi connectivity index (χ4n) is 0.749. The van der Waals surface area contributed by atoms with Crippen LogP contribution in [0.3, 0.4) is 0 Å². The van der Waals surface area contributed by atoms with Gasteiger partial charge in [-0.25, -0.2) is 4.98 Å². The highest BCUT2D eigenvalue weighted by molar-refractivity contribution is 7.80. The van der Waals surface area contributed by atoms with Gasteiger partial charge < -0.3 is 0 Å². The fourth-order valence-corrected chi connectivity index (χ4v) is 0.867. The maximum Gasteiger partial charge on any atom is 0.163 e.